The Morgan fingerprint density at radius 2 is 1.88 bits per heavy atom. The molecule has 0 N–H and O–H groups in total. The van der Waals surface area contributed by atoms with Gasteiger partial charge in [-0.05, 0) is 18.2 Å². The van der Waals surface area contributed by atoms with Gasteiger partial charge in [-0.25, -0.2) is 14.4 Å². The average molecular weight is 354 g/mol. The zero-order chi connectivity index (χ0) is 17.1. The molecule has 0 bridgehead atoms. The summed E-state index contributed by atoms with van der Waals surface area (Å²) in [5.41, 5.74) is 2.43. The minimum atomic E-state index is -0.490. The number of benzene rings is 2. The van der Waals surface area contributed by atoms with Gasteiger partial charge in [0.05, 0.1) is 6.61 Å². The Kier molecular flexibility index (Phi) is 4.63. The molecule has 0 aliphatic carbocycles. The Morgan fingerprint density at radius 3 is 2.68 bits per heavy atom. The zero-order valence-electron chi connectivity index (χ0n) is 13.3. The van der Waals surface area contributed by atoms with E-state index in [9.17, 15) is 4.39 Å². The molecule has 0 saturated carbocycles. The maximum absolute atomic E-state index is 13.9. The number of hydrogen-bond donors (Lipinski definition) is 0. The number of hydrogen-bond acceptors (Lipinski definition) is 5. The second-order valence-electron chi connectivity index (χ2n) is 5.54. The largest absolute Gasteiger partial charge is 0.460 e. The summed E-state index contributed by atoms with van der Waals surface area (Å²) in [6.07, 6.45) is 2.88. The molecule has 6 heteroatoms. The van der Waals surface area contributed by atoms with Crippen LogP contribution >= 0.6 is 11.8 Å². The molecule has 0 radical (unpaired) electrons. The fraction of sp³-hybridized carbons (Fsp3) is 0.158. The van der Waals surface area contributed by atoms with Gasteiger partial charge in [0.1, 0.15) is 11.6 Å². The van der Waals surface area contributed by atoms with E-state index in [0.717, 1.165) is 16.7 Å². The van der Waals surface area contributed by atoms with Gasteiger partial charge in [0, 0.05) is 34.8 Å². The van der Waals surface area contributed by atoms with E-state index in [2.05, 4.69) is 9.97 Å². The first-order valence-corrected chi connectivity index (χ1v) is 8.82. The molecule has 2 heterocycles. The third kappa shape index (κ3) is 3.65. The third-order valence-corrected chi connectivity index (χ3v) is 4.72. The highest BCUT2D eigenvalue weighted by molar-refractivity contribution is 7.98. The molecule has 25 heavy (non-hydrogen) atoms. The van der Waals surface area contributed by atoms with Crippen molar-refractivity contribution in [2.75, 3.05) is 0 Å². The van der Waals surface area contributed by atoms with E-state index >= 15 is 0 Å². The standard InChI is InChI=1S/C19H15FN2O2S/c20-16-9-14-11-23-18(13-5-2-1-3-6-13)24-17(14)15(10-16)12-25-19-21-7-4-8-22-19/h1-10,18H,11-12H2/t18-/m1/s1. The van der Waals surface area contributed by atoms with Gasteiger partial charge in [0.25, 0.3) is 0 Å². The van der Waals surface area contributed by atoms with Crippen LogP contribution in [-0.4, -0.2) is 9.97 Å². The Labute approximate surface area is 149 Å². The normalized spacial score (nSPS) is 16.1. The molecule has 0 spiro atoms. The monoisotopic (exact) mass is 354 g/mol. The first kappa shape index (κ1) is 16.1. The van der Waals surface area contributed by atoms with Crippen molar-refractivity contribution in [3.8, 4) is 5.75 Å². The van der Waals surface area contributed by atoms with Crippen LogP contribution in [-0.2, 0) is 17.1 Å². The third-order valence-electron chi connectivity index (χ3n) is 3.79. The predicted octanol–water partition coefficient (Wildman–Crippen LogP) is 4.52. The molecule has 126 valence electrons. The van der Waals surface area contributed by atoms with Crippen molar-refractivity contribution in [3.63, 3.8) is 0 Å². The molecule has 1 aliphatic rings. The molecule has 1 aliphatic heterocycles. The van der Waals surface area contributed by atoms with E-state index in [-0.39, 0.29) is 5.82 Å². The van der Waals surface area contributed by atoms with Gasteiger partial charge in [-0.2, -0.15) is 0 Å². The molecule has 0 unspecified atom stereocenters. The highest BCUT2D eigenvalue weighted by Gasteiger charge is 2.25. The summed E-state index contributed by atoms with van der Waals surface area (Å²) in [6, 6.07) is 14.4. The van der Waals surface area contributed by atoms with Crippen LogP contribution in [0.25, 0.3) is 0 Å². The Bertz CT molecular complexity index is 862. The van der Waals surface area contributed by atoms with Gasteiger partial charge in [-0.15, -0.1) is 0 Å². The molecule has 0 saturated heterocycles. The summed E-state index contributed by atoms with van der Waals surface area (Å²) in [6.45, 7) is 0.312. The predicted molar refractivity (Wildman–Crippen MR) is 92.6 cm³/mol. The smallest absolute Gasteiger partial charge is 0.227 e. The van der Waals surface area contributed by atoms with Gasteiger partial charge in [0.15, 0.2) is 5.16 Å². The second kappa shape index (κ2) is 7.21. The van der Waals surface area contributed by atoms with E-state index in [1.807, 2.05) is 30.3 Å². The summed E-state index contributed by atoms with van der Waals surface area (Å²) in [5.74, 6) is 0.907. The maximum Gasteiger partial charge on any atom is 0.227 e. The number of fused-ring (bicyclic) bond motifs is 1. The highest BCUT2D eigenvalue weighted by Crippen LogP contribution is 2.38. The molecule has 0 amide bonds. The summed E-state index contributed by atoms with van der Waals surface area (Å²) < 4.78 is 25.7. The highest BCUT2D eigenvalue weighted by atomic mass is 32.2. The minimum absolute atomic E-state index is 0.298. The number of rotatable bonds is 4. The van der Waals surface area contributed by atoms with Crippen molar-refractivity contribution >= 4 is 11.8 Å². The summed E-state index contributed by atoms with van der Waals surface area (Å²) in [5, 5.41) is 0.646. The quantitative estimate of drug-likeness (QED) is 0.509. The lowest BCUT2D eigenvalue weighted by Gasteiger charge is -2.28. The second-order valence-corrected chi connectivity index (χ2v) is 6.49. The van der Waals surface area contributed by atoms with E-state index < -0.39 is 6.29 Å². The van der Waals surface area contributed by atoms with E-state index in [0.29, 0.717) is 23.3 Å². The zero-order valence-corrected chi connectivity index (χ0v) is 14.1. The molecule has 3 aromatic rings. The van der Waals surface area contributed by atoms with Crippen LogP contribution in [0.5, 0.6) is 5.75 Å². The van der Waals surface area contributed by atoms with Gasteiger partial charge in [-0.1, -0.05) is 42.1 Å². The number of thioether (sulfide) groups is 1. The molecular weight excluding hydrogens is 339 g/mol. The van der Waals surface area contributed by atoms with Crippen molar-refractivity contribution in [2.24, 2.45) is 0 Å². The van der Waals surface area contributed by atoms with Crippen LogP contribution in [0.15, 0.2) is 66.1 Å². The van der Waals surface area contributed by atoms with Crippen LogP contribution in [0.2, 0.25) is 0 Å². The van der Waals surface area contributed by atoms with Gasteiger partial charge < -0.3 is 9.47 Å². The van der Waals surface area contributed by atoms with Gasteiger partial charge >= 0.3 is 0 Å². The fourth-order valence-electron chi connectivity index (χ4n) is 2.66. The lowest BCUT2D eigenvalue weighted by atomic mass is 10.1. The first-order chi connectivity index (χ1) is 12.3. The summed E-state index contributed by atoms with van der Waals surface area (Å²) >= 11 is 1.44. The first-order valence-electron chi connectivity index (χ1n) is 7.84. The van der Waals surface area contributed by atoms with Crippen molar-refractivity contribution in [2.45, 2.75) is 23.8 Å². The van der Waals surface area contributed by atoms with Crippen LogP contribution in [0, 0.1) is 5.82 Å². The molecule has 1 atom stereocenters. The Hall–Kier alpha value is -2.44. The average Bonchev–Trinajstić information content (AvgIpc) is 2.67. The summed E-state index contributed by atoms with van der Waals surface area (Å²) in [7, 11) is 0. The van der Waals surface area contributed by atoms with E-state index in [1.54, 1.807) is 18.5 Å². The maximum atomic E-state index is 13.9. The number of aromatic nitrogens is 2. The van der Waals surface area contributed by atoms with Crippen molar-refractivity contribution < 1.29 is 13.9 Å². The van der Waals surface area contributed by atoms with Crippen LogP contribution in [0.3, 0.4) is 0 Å². The summed E-state index contributed by atoms with van der Waals surface area (Å²) in [4.78, 5) is 8.37. The van der Waals surface area contributed by atoms with Crippen molar-refractivity contribution in [1.82, 2.24) is 9.97 Å². The SMILES string of the molecule is Fc1cc2c(c(CSc3ncccn3)c1)O[C@H](c1ccccc1)OC2. The van der Waals surface area contributed by atoms with Gasteiger partial charge in [0.2, 0.25) is 6.29 Å². The van der Waals surface area contributed by atoms with E-state index in [4.69, 9.17) is 9.47 Å². The molecule has 0 fully saturated rings. The molecule has 4 rings (SSSR count). The van der Waals surface area contributed by atoms with Crippen LogP contribution in [0.1, 0.15) is 23.0 Å². The molecule has 4 nitrogen and oxygen atoms in total. The van der Waals surface area contributed by atoms with Crippen molar-refractivity contribution in [3.05, 3.63) is 83.4 Å². The van der Waals surface area contributed by atoms with Crippen molar-refractivity contribution in [1.29, 1.82) is 0 Å². The lowest BCUT2D eigenvalue weighted by Crippen LogP contribution is -2.19. The topological polar surface area (TPSA) is 44.2 Å². The number of nitrogens with zero attached hydrogens (tertiary/aromatic N) is 2. The Morgan fingerprint density at radius 1 is 1.08 bits per heavy atom. The molecule has 2 aromatic carbocycles. The molecular formula is C19H15FN2O2S. The minimum Gasteiger partial charge on any atom is -0.460 e. The van der Waals surface area contributed by atoms with Crippen LogP contribution < -0.4 is 4.74 Å². The fourth-order valence-corrected chi connectivity index (χ4v) is 3.43. The van der Waals surface area contributed by atoms with Gasteiger partial charge in [-0.3, -0.25) is 0 Å². The molecule has 1 aromatic heterocycles. The number of halogens is 1. The number of ether oxygens (including phenoxy) is 2. The Balaban J connectivity index is 1.59. The van der Waals surface area contributed by atoms with E-state index in [1.165, 1.54) is 23.9 Å². The lowest BCUT2D eigenvalue weighted by molar-refractivity contribution is -0.112. The van der Waals surface area contributed by atoms with Crippen LogP contribution in [0.4, 0.5) is 4.39 Å².